The third-order valence-corrected chi connectivity index (χ3v) is 2.37. The first kappa shape index (κ1) is 13.1. The topological polar surface area (TPSA) is 32.3 Å². The van der Waals surface area contributed by atoms with Crippen molar-refractivity contribution in [3.8, 4) is 0 Å². The molecule has 0 aliphatic carbocycles. The van der Waals surface area contributed by atoms with Crippen LogP contribution in [0.2, 0.25) is 0 Å². The summed E-state index contributed by atoms with van der Waals surface area (Å²) in [6.07, 6.45) is 1.11. The van der Waals surface area contributed by atoms with Crippen molar-refractivity contribution in [2.45, 2.75) is 32.4 Å². The van der Waals surface area contributed by atoms with Crippen LogP contribution in [0.15, 0.2) is 18.2 Å². The van der Waals surface area contributed by atoms with Gasteiger partial charge in [0.05, 0.1) is 6.10 Å². The van der Waals surface area contributed by atoms with E-state index in [4.69, 9.17) is 0 Å². The molecule has 0 bridgehead atoms. The number of hydrogen-bond donors (Lipinski definition) is 2. The fourth-order valence-corrected chi connectivity index (χ4v) is 1.50. The van der Waals surface area contributed by atoms with Gasteiger partial charge in [-0.3, -0.25) is 0 Å². The normalized spacial score (nSPS) is 12.8. The molecular weight excluding hydrogens is 212 g/mol. The molecule has 0 radical (unpaired) electrons. The van der Waals surface area contributed by atoms with Crippen LogP contribution < -0.4 is 5.32 Å². The molecule has 2 nitrogen and oxygen atoms in total. The number of nitrogens with one attached hydrogen (secondary N) is 1. The molecule has 0 amide bonds. The van der Waals surface area contributed by atoms with E-state index in [9.17, 15) is 13.9 Å². The zero-order valence-corrected chi connectivity index (χ0v) is 9.34. The number of aliphatic hydroxyl groups excluding tert-OH is 1. The average molecular weight is 229 g/mol. The van der Waals surface area contributed by atoms with Gasteiger partial charge in [0.1, 0.15) is 11.6 Å². The van der Waals surface area contributed by atoms with Crippen LogP contribution in [0.3, 0.4) is 0 Å². The molecule has 16 heavy (non-hydrogen) atoms. The van der Waals surface area contributed by atoms with Crippen LogP contribution in [0.25, 0.3) is 0 Å². The highest BCUT2D eigenvalue weighted by molar-refractivity contribution is 5.19. The molecule has 1 unspecified atom stereocenters. The van der Waals surface area contributed by atoms with E-state index in [1.54, 1.807) is 0 Å². The Morgan fingerprint density at radius 2 is 1.94 bits per heavy atom. The van der Waals surface area contributed by atoms with E-state index in [1.807, 2.05) is 6.92 Å². The van der Waals surface area contributed by atoms with Crippen LogP contribution in [-0.4, -0.2) is 17.8 Å². The minimum absolute atomic E-state index is 0.0196. The van der Waals surface area contributed by atoms with Gasteiger partial charge in [-0.05, 0) is 18.6 Å². The first-order valence-electron chi connectivity index (χ1n) is 5.46. The van der Waals surface area contributed by atoms with E-state index in [2.05, 4.69) is 5.32 Å². The highest BCUT2D eigenvalue weighted by atomic mass is 19.1. The number of hydrogen-bond acceptors (Lipinski definition) is 2. The molecule has 1 aromatic rings. The van der Waals surface area contributed by atoms with Gasteiger partial charge in [-0.2, -0.15) is 0 Å². The molecule has 1 rings (SSSR count). The van der Waals surface area contributed by atoms with Gasteiger partial charge in [0.2, 0.25) is 0 Å². The van der Waals surface area contributed by atoms with Gasteiger partial charge in [-0.15, -0.1) is 0 Å². The van der Waals surface area contributed by atoms with E-state index in [0.717, 1.165) is 6.42 Å². The number of aliphatic hydroxyl groups is 1. The highest BCUT2D eigenvalue weighted by Gasteiger charge is 2.08. The van der Waals surface area contributed by atoms with Gasteiger partial charge in [-0.1, -0.05) is 19.4 Å². The summed E-state index contributed by atoms with van der Waals surface area (Å²) in [5, 5.41) is 12.3. The summed E-state index contributed by atoms with van der Waals surface area (Å²) < 4.78 is 26.4. The fourth-order valence-electron chi connectivity index (χ4n) is 1.50. The molecule has 90 valence electrons. The smallest absolute Gasteiger partial charge is 0.130 e. The minimum atomic E-state index is -0.558. The maximum absolute atomic E-state index is 13.2. The maximum atomic E-state index is 13.2. The number of benzene rings is 1. The molecule has 0 aliphatic rings. The second-order valence-corrected chi connectivity index (χ2v) is 3.77. The van der Waals surface area contributed by atoms with Crippen molar-refractivity contribution >= 4 is 0 Å². The van der Waals surface area contributed by atoms with Crippen LogP contribution in [-0.2, 0) is 6.54 Å². The lowest BCUT2D eigenvalue weighted by Crippen LogP contribution is -2.26. The van der Waals surface area contributed by atoms with Gasteiger partial charge in [0.25, 0.3) is 0 Å². The van der Waals surface area contributed by atoms with Crippen molar-refractivity contribution in [1.82, 2.24) is 5.32 Å². The average Bonchev–Trinajstić information content (AvgIpc) is 2.23. The summed E-state index contributed by atoms with van der Waals surface area (Å²) >= 11 is 0. The molecule has 0 aromatic heterocycles. The SMILES string of the molecule is CCCC(O)CNCc1c(F)cccc1F. The lowest BCUT2D eigenvalue weighted by molar-refractivity contribution is 0.160. The molecule has 2 N–H and O–H groups in total. The zero-order chi connectivity index (χ0) is 12.0. The number of rotatable bonds is 6. The molecule has 0 saturated heterocycles. The van der Waals surface area contributed by atoms with Gasteiger partial charge < -0.3 is 10.4 Å². The Morgan fingerprint density at radius 3 is 2.50 bits per heavy atom. The standard InChI is InChI=1S/C12H17F2NO/c1-2-4-9(16)7-15-8-10-11(13)5-3-6-12(10)14/h3,5-6,9,15-16H,2,4,7-8H2,1H3. The lowest BCUT2D eigenvalue weighted by atomic mass is 10.2. The molecule has 0 fully saturated rings. The van der Waals surface area contributed by atoms with Crippen molar-refractivity contribution in [1.29, 1.82) is 0 Å². The molecule has 0 spiro atoms. The van der Waals surface area contributed by atoms with E-state index >= 15 is 0 Å². The number of halogens is 2. The Morgan fingerprint density at radius 1 is 1.31 bits per heavy atom. The van der Waals surface area contributed by atoms with Crippen LogP contribution in [0, 0.1) is 11.6 Å². The summed E-state index contributed by atoms with van der Waals surface area (Å²) in [7, 11) is 0. The summed E-state index contributed by atoms with van der Waals surface area (Å²) in [6, 6.07) is 3.78. The van der Waals surface area contributed by atoms with Gasteiger partial charge in [-0.25, -0.2) is 8.78 Å². The Balaban J connectivity index is 2.43. The summed E-state index contributed by atoms with van der Waals surface area (Å²) in [4.78, 5) is 0. The van der Waals surface area contributed by atoms with Crippen LogP contribution >= 0.6 is 0 Å². The summed E-state index contributed by atoms with van der Waals surface area (Å²) in [5.74, 6) is -1.12. The lowest BCUT2D eigenvalue weighted by Gasteiger charge is -2.11. The Bertz CT molecular complexity index is 311. The van der Waals surface area contributed by atoms with Crippen molar-refractivity contribution in [3.63, 3.8) is 0 Å². The van der Waals surface area contributed by atoms with Crippen LogP contribution in [0.1, 0.15) is 25.3 Å². The van der Waals surface area contributed by atoms with Crippen molar-refractivity contribution in [2.75, 3.05) is 6.54 Å². The molecule has 1 atom stereocenters. The third kappa shape index (κ3) is 3.87. The largest absolute Gasteiger partial charge is 0.392 e. The van der Waals surface area contributed by atoms with E-state index < -0.39 is 17.7 Å². The Hall–Kier alpha value is -1.00. The highest BCUT2D eigenvalue weighted by Crippen LogP contribution is 2.11. The van der Waals surface area contributed by atoms with Gasteiger partial charge in [0.15, 0.2) is 0 Å². The molecular formula is C12H17F2NO. The second kappa shape index (κ2) is 6.55. The fraction of sp³-hybridized carbons (Fsp3) is 0.500. The van der Waals surface area contributed by atoms with Gasteiger partial charge in [0, 0.05) is 18.7 Å². The predicted molar refractivity (Wildman–Crippen MR) is 59.0 cm³/mol. The van der Waals surface area contributed by atoms with Crippen LogP contribution in [0.5, 0.6) is 0 Å². The monoisotopic (exact) mass is 229 g/mol. The van der Waals surface area contributed by atoms with E-state index in [1.165, 1.54) is 18.2 Å². The quantitative estimate of drug-likeness (QED) is 0.784. The summed E-state index contributed by atoms with van der Waals surface area (Å²) in [5.41, 5.74) is 0.0196. The third-order valence-electron chi connectivity index (χ3n) is 2.37. The van der Waals surface area contributed by atoms with Crippen molar-refractivity contribution < 1.29 is 13.9 Å². The molecule has 1 aromatic carbocycles. The van der Waals surface area contributed by atoms with Crippen molar-refractivity contribution in [2.24, 2.45) is 0 Å². The first-order chi connectivity index (χ1) is 7.65. The van der Waals surface area contributed by atoms with E-state index in [0.29, 0.717) is 13.0 Å². The van der Waals surface area contributed by atoms with E-state index in [-0.39, 0.29) is 12.1 Å². The molecule has 0 heterocycles. The molecule has 0 saturated carbocycles. The second-order valence-electron chi connectivity index (χ2n) is 3.77. The molecule has 0 aliphatic heterocycles. The van der Waals surface area contributed by atoms with Crippen molar-refractivity contribution in [3.05, 3.63) is 35.4 Å². The maximum Gasteiger partial charge on any atom is 0.130 e. The minimum Gasteiger partial charge on any atom is -0.392 e. The first-order valence-corrected chi connectivity index (χ1v) is 5.46. The predicted octanol–water partition coefficient (Wildman–Crippen LogP) is 2.22. The Labute approximate surface area is 94.3 Å². The summed E-state index contributed by atoms with van der Waals surface area (Å²) in [6.45, 7) is 2.42. The van der Waals surface area contributed by atoms with Gasteiger partial charge >= 0.3 is 0 Å². The Kier molecular flexibility index (Phi) is 5.35. The van der Waals surface area contributed by atoms with Crippen LogP contribution in [0.4, 0.5) is 8.78 Å². The zero-order valence-electron chi connectivity index (χ0n) is 9.34. The molecule has 4 heteroatoms.